The number of carbonyl (C=O) groups is 2. The van der Waals surface area contributed by atoms with Crippen LogP contribution in [0.3, 0.4) is 0 Å². The molecule has 0 aliphatic carbocycles. The zero-order chi connectivity index (χ0) is 14.4. The molecule has 1 atom stereocenters. The zero-order valence-corrected chi connectivity index (χ0v) is 10.9. The Morgan fingerprint density at radius 2 is 2.11 bits per heavy atom. The highest BCUT2D eigenvalue weighted by Gasteiger charge is 2.19. The predicted octanol–water partition coefficient (Wildman–Crippen LogP) is 2.68. The van der Waals surface area contributed by atoms with Crippen molar-refractivity contribution < 1.29 is 24.5 Å². The van der Waals surface area contributed by atoms with Crippen molar-refractivity contribution in [3.05, 3.63) is 34.9 Å². The molecule has 0 fully saturated rings. The number of carboxylic acid groups (broad SMARTS) is 2. The standard InChI is InChI=1S/C13H13ClO5/c1-2-10(13(17)18)19-12-8(6-7-11(15)16)4-3-5-9(12)14/h3-7,10H,2H2,1H3,(H,15,16)(H,17,18)/b7-6+. The second-order valence-corrected chi connectivity index (χ2v) is 4.09. The van der Waals surface area contributed by atoms with E-state index in [0.717, 1.165) is 6.08 Å². The Morgan fingerprint density at radius 1 is 1.42 bits per heavy atom. The van der Waals surface area contributed by atoms with E-state index in [1.165, 1.54) is 6.08 Å². The van der Waals surface area contributed by atoms with Gasteiger partial charge in [-0.3, -0.25) is 0 Å². The highest BCUT2D eigenvalue weighted by atomic mass is 35.5. The highest BCUT2D eigenvalue weighted by Crippen LogP contribution is 2.31. The fraction of sp³-hybridized carbons (Fsp3) is 0.231. The topological polar surface area (TPSA) is 83.8 Å². The molecule has 2 N–H and O–H groups in total. The van der Waals surface area contributed by atoms with E-state index in [0.29, 0.717) is 5.56 Å². The first-order valence-electron chi connectivity index (χ1n) is 5.54. The van der Waals surface area contributed by atoms with Gasteiger partial charge in [-0.25, -0.2) is 9.59 Å². The highest BCUT2D eigenvalue weighted by molar-refractivity contribution is 6.32. The minimum absolute atomic E-state index is 0.163. The summed E-state index contributed by atoms with van der Waals surface area (Å²) in [6.07, 6.45) is 1.47. The summed E-state index contributed by atoms with van der Waals surface area (Å²) in [5.41, 5.74) is 0.412. The third-order valence-electron chi connectivity index (χ3n) is 2.31. The third-order valence-corrected chi connectivity index (χ3v) is 2.61. The number of hydrogen-bond donors (Lipinski definition) is 2. The van der Waals surface area contributed by atoms with Crippen LogP contribution in [-0.2, 0) is 9.59 Å². The van der Waals surface area contributed by atoms with Gasteiger partial charge in [0.2, 0.25) is 0 Å². The summed E-state index contributed by atoms with van der Waals surface area (Å²) in [6.45, 7) is 1.67. The monoisotopic (exact) mass is 284 g/mol. The van der Waals surface area contributed by atoms with Crippen LogP contribution >= 0.6 is 11.6 Å². The summed E-state index contributed by atoms with van der Waals surface area (Å²) >= 11 is 5.95. The van der Waals surface area contributed by atoms with E-state index < -0.39 is 18.0 Å². The molecule has 0 aromatic heterocycles. The Kier molecular flexibility index (Phi) is 5.38. The van der Waals surface area contributed by atoms with E-state index in [4.69, 9.17) is 26.6 Å². The third kappa shape index (κ3) is 4.30. The summed E-state index contributed by atoms with van der Waals surface area (Å²) in [6, 6.07) is 4.76. The number of halogens is 1. The number of para-hydroxylation sites is 1. The normalized spacial score (nSPS) is 12.3. The van der Waals surface area contributed by atoms with Crippen molar-refractivity contribution in [3.8, 4) is 5.75 Å². The molecule has 0 spiro atoms. The van der Waals surface area contributed by atoms with Crippen LogP contribution in [0.5, 0.6) is 5.75 Å². The van der Waals surface area contributed by atoms with Gasteiger partial charge in [-0.15, -0.1) is 0 Å². The zero-order valence-electron chi connectivity index (χ0n) is 10.2. The molecule has 0 saturated heterocycles. The molecule has 0 heterocycles. The lowest BCUT2D eigenvalue weighted by atomic mass is 10.1. The van der Waals surface area contributed by atoms with Gasteiger partial charge in [0.05, 0.1) is 5.02 Å². The van der Waals surface area contributed by atoms with Crippen LogP contribution < -0.4 is 4.74 Å². The van der Waals surface area contributed by atoms with Gasteiger partial charge >= 0.3 is 11.9 Å². The first kappa shape index (κ1) is 15.0. The van der Waals surface area contributed by atoms with Crippen molar-refractivity contribution in [1.29, 1.82) is 0 Å². The van der Waals surface area contributed by atoms with E-state index in [9.17, 15) is 9.59 Å². The average molecular weight is 285 g/mol. The van der Waals surface area contributed by atoms with Gasteiger partial charge in [-0.2, -0.15) is 0 Å². The molecule has 0 aliphatic heterocycles. The maximum atomic E-state index is 10.9. The average Bonchev–Trinajstić information content (AvgIpc) is 2.34. The van der Waals surface area contributed by atoms with Crippen LogP contribution in [0.15, 0.2) is 24.3 Å². The number of carboxylic acids is 2. The molecule has 1 unspecified atom stereocenters. The number of hydrogen-bond acceptors (Lipinski definition) is 3. The van der Waals surface area contributed by atoms with Gasteiger partial charge in [0.25, 0.3) is 0 Å². The lowest BCUT2D eigenvalue weighted by Gasteiger charge is -2.16. The quantitative estimate of drug-likeness (QED) is 0.785. The minimum atomic E-state index is -1.11. The summed E-state index contributed by atoms with van der Waals surface area (Å²) in [4.78, 5) is 21.4. The van der Waals surface area contributed by atoms with E-state index >= 15 is 0 Å². The van der Waals surface area contributed by atoms with Crippen LogP contribution in [0, 0.1) is 0 Å². The van der Waals surface area contributed by atoms with Crippen LogP contribution in [-0.4, -0.2) is 28.3 Å². The smallest absolute Gasteiger partial charge is 0.344 e. The van der Waals surface area contributed by atoms with Crippen molar-refractivity contribution in [2.45, 2.75) is 19.4 Å². The van der Waals surface area contributed by atoms with E-state index in [2.05, 4.69) is 0 Å². The molecule has 1 aromatic carbocycles. The van der Waals surface area contributed by atoms with E-state index in [1.807, 2.05) is 0 Å². The van der Waals surface area contributed by atoms with Crippen molar-refractivity contribution >= 4 is 29.6 Å². The van der Waals surface area contributed by atoms with Crippen LogP contribution in [0.1, 0.15) is 18.9 Å². The lowest BCUT2D eigenvalue weighted by molar-refractivity contribution is -0.145. The summed E-state index contributed by atoms with van der Waals surface area (Å²) in [5.74, 6) is -2.05. The van der Waals surface area contributed by atoms with Crippen LogP contribution in [0.4, 0.5) is 0 Å². The van der Waals surface area contributed by atoms with Gasteiger partial charge in [0.1, 0.15) is 5.75 Å². The molecular weight excluding hydrogens is 272 g/mol. The Bertz CT molecular complexity index is 510. The molecule has 0 bridgehead atoms. The second kappa shape index (κ2) is 6.80. The van der Waals surface area contributed by atoms with Crippen molar-refractivity contribution in [3.63, 3.8) is 0 Å². The maximum Gasteiger partial charge on any atom is 0.344 e. The van der Waals surface area contributed by atoms with Gasteiger partial charge in [-0.05, 0) is 18.6 Å². The molecule has 102 valence electrons. The molecule has 1 aromatic rings. The minimum Gasteiger partial charge on any atom is -0.479 e. The Balaban J connectivity index is 3.10. The van der Waals surface area contributed by atoms with Gasteiger partial charge in [0.15, 0.2) is 6.10 Å². The number of rotatable bonds is 6. The van der Waals surface area contributed by atoms with Crippen molar-refractivity contribution in [2.24, 2.45) is 0 Å². The Morgan fingerprint density at radius 3 is 2.63 bits per heavy atom. The largest absolute Gasteiger partial charge is 0.479 e. The fourth-order valence-corrected chi connectivity index (χ4v) is 1.62. The first-order chi connectivity index (χ1) is 8.95. The van der Waals surface area contributed by atoms with Gasteiger partial charge in [-0.1, -0.05) is 30.7 Å². The molecule has 0 aliphatic rings. The molecule has 6 heteroatoms. The van der Waals surface area contributed by atoms with Crippen LogP contribution in [0.2, 0.25) is 5.02 Å². The summed E-state index contributed by atoms with van der Waals surface area (Å²) in [7, 11) is 0. The summed E-state index contributed by atoms with van der Waals surface area (Å²) in [5, 5.41) is 17.8. The van der Waals surface area contributed by atoms with E-state index in [-0.39, 0.29) is 17.2 Å². The molecular formula is C13H13ClO5. The summed E-state index contributed by atoms with van der Waals surface area (Å²) < 4.78 is 5.34. The fourth-order valence-electron chi connectivity index (χ4n) is 1.39. The molecule has 19 heavy (non-hydrogen) atoms. The first-order valence-corrected chi connectivity index (χ1v) is 5.92. The van der Waals surface area contributed by atoms with E-state index in [1.54, 1.807) is 25.1 Å². The molecule has 0 saturated carbocycles. The van der Waals surface area contributed by atoms with Crippen LogP contribution in [0.25, 0.3) is 6.08 Å². The number of ether oxygens (including phenoxy) is 1. The Labute approximate surface area is 115 Å². The van der Waals surface area contributed by atoms with Gasteiger partial charge < -0.3 is 14.9 Å². The lowest BCUT2D eigenvalue weighted by Crippen LogP contribution is -2.26. The second-order valence-electron chi connectivity index (χ2n) is 3.68. The predicted molar refractivity (Wildman–Crippen MR) is 70.5 cm³/mol. The SMILES string of the molecule is CCC(Oc1c(Cl)cccc1/C=C/C(=O)O)C(=O)O. The molecule has 1 rings (SSSR count). The number of benzene rings is 1. The maximum absolute atomic E-state index is 10.9. The van der Waals surface area contributed by atoms with Crippen molar-refractivity contribution in [2.75, 3.05) is 0 Å². The molecule has 5 nitrogen and oxygen atoms in total. The van der Waals surface area contributed by atoms with Crippen molar-refractivity contribution in [1.82, 2.24) is 0 Å². The number of aliphatic carboxylic acids is 2. The molecule has 0 radical (unpaired) electrons. The Hall–Kier alpha value is -2.01. The molecule has 0 amide bonds. The van der Waals surface area contributed by atoms with Gasteiger partial charge in [0, 0.05) is 11.6 Å².